The summed E-state index contributed by atoms with van der Waals surface area (Å²) in [5.74, 6) is -3.19. The van der Waals surface area contributed by atoms with Gasteiger partial charge in [-0.25, -0.2) is 26.9 Å². The van der Waals surface area contributed by atoms with Crippen LogP contribution in [0.4, 0.5) is 36.4 Å². The first kappa shape index (κ1) is 25.0. The van der Waals surface area contributed by atoms with Gasteiger partial charge in [0.05, 0.1) is 5.70 Å². The molecule has 0 bridgehead atoms. The standard InChI is InChI=1S/C18H14F7N3.C2H6/c19-10-5-14(20)13(15(21)6-10)8-27-11-3-1-9(2-4-11)12(7-28-18(24)25)16(26)17(22)23;1-2/h1-7,17-18,27H,8,26H2;1-2H3/b16-12+,28-7+;. The molecule has 0 spiro atoms. The van der Waals surface area contributed by atoms with Crippen molar-refractivity contribution in [3.05, 3.63) is 70.7 Å². The Hall–Kier alpha value is -3.04. The minimum atomic E-state index is -3.10. The summed E-state index contributed by atoms with van der Waals surface area (Å²) < 4.78 is 90.3. The molecule has 0 aliphatic carbocycles. The number of halogens is 7. The van der Waals surface area contributed by atoms with Gasteiger partial charge in [-0.1, -0.05) is 26.0 Å². The average molecular weight is 435 g/mol. The third-order valence-electron chi connectivity index (χ3n) is 3.63. The fourth-order valence-corrected chi connectivity index (χ4v) is 2.26. The SMILES string of the molecule is CC.N/C(=C(\C=N\C(F)F)c1ccc(NCc2c(F)cc(F)cc2F)cc1)C(F)F. The van der Waals surface area contributed by atoms with E-state index in [0.717, 1.165) is 0 Å². The number of hydrogen-bond acceptors (Lipinski definition) is 3. The fourth-order valence-electron chi connectivity index (χ4n) is 2.26. The first-order chi connectivity index (χ1) is 14.2. The van der Waals surface area contributed by atoms with Gasteiger partial charge in [0.15, 0.2) is 0 Å². The topological polar surface area (TPSA) is 50.4 Å². The van der Waals surface area contributed by atoms with Gasteiger partial charge in [-0.2, -0.15) is 8.78 Å². The van der Waals surface area contributed by atoms with Crippen LogP contribution in [0.2, 0.25) is 0 Å². The molecule has 0 amide bonds. The molecule has 10 heteroatoms. The van der Waals surface area contributed by atoms with Gasteiger partial charge in [0, 0.05) is 41.7 Å². The second-order valence-corrected chi connectivity index (χ2v) is 5.50. The highest BCUT2D eigenvalue weighted by Crippen LogP contribution is 2.22. The number of alkyl halides is 4. The Morgan fingerprint density at radius 2 is 1.53 bits per heavy atom. The van der Waals surface area contributed by atoms with E-state index < -0.39 is 41.7 Å². The average Bonchev–Trinajstić information content (AvgIpc) is 2.69. The third kappa shape index (κ3) is 7.09. The highest BCUT2D eigenvalue weighted by atomic mass is 19.3. The van der Waals surface area contributed by atoms with Crippen molar-refractivity contribution in [2.24, 2.45) is 10.7 Å². The van der Waals surface area contributed by atoms with Crippen LogP contribution in [0.5, 0.6) is 0 Å². The quantitative estimate of drug-likeness (QED) is 0.320. The molecule has 0 aromatic heterocycles. The number of allylic oxidation sites excluding steroid dienone is 2. The molecule has 2 rings (SSSR count). The van der Waals surface area contributed by atoms with Crippen molar-refractivity contribution >= 4 is 17.5 Å². The number of nitrogens with zero attached hydrogens (tertiary/aromatic N) is 1. The summed E-state index contributed by atoms with van der Waals surface area (Å²) >= 11 is 0. The maximum Gasteiger partial charge on any atom is 0.331 e. The van der Waals surface area contributed by atoms with E-state index in [0.29, 0.717) is 24.0 Å². The number of hydrogen-bond donors (Lipinski definition) is 2. The number of benzene rings is 2. The summed E-state index contributed by atoms with van der Waals surface area (Å²) in [6, 6.07) is 6.39. The molecule has 2 aromatic rings. The largest absolute Gasteiger partial charge is 0.397 e. The Morgan fingerprint density at radius 1 is 1.00 bits per heavy atom. The lowest BCUT2D eigenvalue weighted by molar-refractivity contribution is 0.160. The minimum absolute atomic E-state index is 0.0897. The maximum atomic E-state index is 13.6. The molecule has 0 atom stereocenters. The zero-order chi connectivity index (χ0) is 22.8. The first-order valence-electron chi connectivity index (χ1n) is 8.76. The van der Waals surface area contributed by atoms with Gasteiger partial charge in [0.1, 0.15) is 17.5 Å². The minimum Gasteiger partial charge on any atom is -0.397 e. The zero-order valence-corrected chi connectivity index (χ0v) is 16.1. The van der Waals surface area contributed by atoms with E-state index >= 15 is 0 Å². The normalized spacial score (nSPS) is 12.1. The van der Waals surface area contributed by atoms with E-state index in [2.05, 4.69) is 10.3 Å². The lowest BCUT2D eigenvalue weighted by atomic mass is 10.0. The Bertz CT molecular complexity index is 855. The molecule has 30 heavy (non-hydrogen) atoms. The van der Waals surface area contributed by atoms with E-state index in [1.165, 1.54) is 24.3 Å². The van der Waals surface area contributed by atoms with Gasteiger partial charge < -0.3 is 11.1 Å². The summed E-state index contributed by atoms with van der Waals surface area (Å²) in [6.45, 7) is 0.591. The van der Waals surface area contributed by atoms with Crippen LogP contribution in [-0.2, 0) is 6.54 Å². The van der Waals surface area contributed by atoms with E-state index in [9.17, 15) is 30.7 Å². The Balaban J connectivity index is 0.00000218. The third-order valence-corrected chi connectivity index (χ3v) is 3.63. The molecule has 0 fully saturated rings. The van der Waals surface area contributed by atoms with Crippen molar-refractivity contribution in [2.45, 2.75) is 33.4 Å². The summed E-state index contributed by atoms with van der Waals surface area (Å²) in [5, 5.41) is 2.68. The second-order valence-electron chi connectivity index (χ2n) is 5.50. The molecule has 0 aliphatic rings. The fraction of sp³-hybridized carbons (Fsp3) is 0.250. The molecule has 0 saturated heterocycles. The predicted molar refractivity (Wildman–Crippen MR) is 103 cm³/mol. The van der Waals surface area contributed by atoms with Crippen LogP contribution >= 0.6 is 0 Å². The molecule has 2 aromatic carbocycles. The zero-order valence-electron chi connectivity index (χ0n) is 16.1. The molecule has 0 saturated carbocycles. The van der Waals surface area contributed by atoms with E-state index in [1.54, 1.807) is 0 Å². The summed E-state index contributed by atoms with van der Waals surface area (Å²) in [6.07, 6.45) is -2.53. The van der Waals surface area contributed by atoms with Crippen molar-refractivity contribution in [3.63, 3.8) is 0 Å². The van der Waals surface area contributed by atoms with Crippen molar-refractivity contribution in [3.8, 4) is 0 Å². The summed E-state index contributed by atoms with van der Waals surface area (Å²) in [7, 11) is 0. The highest BCUT2D eigenvalue weighted by Gasteiger charge is 2.15. The van der Waals surface area contributed by atoms with Crippen LogP contribution in [0.1, 0.15) is 25.0 Å². The molecule has 0 radical (unpaired) electrons. The van der Waals surface area contributed by atoms with Crippen molar-refractivity contribution < 1.29 is 30.7 Å². The molecule has 3 nitrogen and oxygen atoms in total. The summed E-state index contributed by atoms with van der Waals surface area (Å²) in [4.78, 5) is 2.77. The van der Waals surface area contributed by atoms with E-state index in [1.807, 2.05) is 13.8 Å². The molecule has 0 unspecified atom stereocenters. The van der Waals surface area contributed by atoms with Gasteiger partial charge in [0.2, 0.25) is 0 Å². The van der Waals surface area contributed by atoms with Gasteiger partial charge in [-0.15, -0.1) is 0 Å². The van der Waals surface area contributed by atoms with Gasteiger partial charge in [0.25, 0.3) is 6.43 Å². The van der Waals surface area contributed by atoms with Crippen LogP contribution in [0.15, 0.2) is 47.1 Å². The van der Waals surface area contributed by atoms with Crippen molar-refractivity contribution in [1.29, 1.82) is 0 Å². The van der Waals surface area contributed by atoms with Crippen molar-refractivity contribution in [2.75, 3.05) is 5.32 Å². The highest BCUT2D eigenvalue weighted by molar-refractivity contribution is 6.11. The smallest absolute Gasteiger partial charge is 0.331 e. The molecular weight excluding hydrogens is 415 g/mol. The van der Waals surface area contributed by atoms with E-state index in [4.69, 9.17) is 5.73 Å². The molecular formula is C20H20F7N3. The van der Waals surface area contributed by atoms with Crippen LogP contribution in [-0.4, -0.2) is 19.2 Å². The number of rotatable bonds is 7. The lowest BCUT2D eigenvalue weighted by Gasteiger charge is -2.11. The molecule has 3 N–H and O–H groups in total. The number of anilines is 1. The summed E-state index contributed by atoms with van der Waals surface area (Å²) in [5.41, 5.74) is 3.99. The van der Waals surface area contributed by atoms with Crippen LogP contribution < -0.4 is 11.1 Å². The van der Waals surface area contributed by atoms with Crippen LogP contribution in [0, 0.1) is 17.5 Å². The maximum absolute atomic E-state index is 13.6. The van der Waals surface area contributed by atoms with E-state index in [-0.39, 0.29) is 17.7 Å². The number of nitrogens with two attached hydrogens (primary N) is 1. The van der Waals surface area contributed by atoms with Crippen LogP contribution in [0.25, 0.3) is 5.57 Å². The number of aliphatic imine (C=N–C) groups is 1. The monoisotopic (exact) mass is 435 g/mol. The Labute approximate surface area is 169 Å². The van der Waals surface area contributed by atoms with Crippen LogP contribution in [0.3, 0.4) is 0 Å². The van der Waals surface area contributed by atoms with Gasteiger partial charge >= 0.3 is 6.55 Å². The molecule has 0 heterocycles. The van der Waals surface area contributed by atoms with Crippen molar-refractivity contribution in [1.82, 2.24) is 0 Å². The Kier molecular flexibility index (Phi) is 9.87. The Morgan fingerprint density at radius 3 is 2.00 bits per heavy atom. The first-order valence-corrected chi connectivity index (χ1v) is 8.76. The van der Waals surface area contributed by atoms with Gasteiger partial charge in [-0.3, -0.25) is 0 Å². The molecule has 0 aliphatic heterocycles. The molecule has 164 valence electrons. The van der Waals surface area contributed by atoms with Gasteiger partial charge in [-0.05, 0) is 17.7 Å². The second kappa shape index (κ2) is 11.8. The number of nitrogens with one attached hydrogen (secondary N) is 1. The lowest BCUT2D eigenvalue weighted by Crippen LogP contribution is -2.12. The predicted octanol–water partition coefficient (Wildman–Crippen LogP) is 5.97.